The number of anilines is 2. The quantitative estimate of drug-likeness (QED) is 0.767. The van der Waals surface area contributed by atoms with Crippen molar-refractivity contribution in [1.29, 1.82) is 0 Å². The maximum Gasteiger partial charge on any atom is 0.229 e. The van der Waals surface area contributed by atoms with Crippen molar-refractivity contribution < 1.29 is 8.42 Å². The van der Waals surface area contributed by atoms with Crippen LogP contribution in [0.25, 0.3) is 0 Å². The third-order valence-electron chi connectivity index (χ3n) is 2.51. The first-order chi connectivity index (χ1) is 9.83. The minimum absolute atomic E-state index is 0.327. The largest absolute Gasteiger partial charge is 0.379 e. The zero-order valence-corrected chi connectivity index (χ0v) is 14.3. The maximum absolute atomic E-state index is 11.2. The zero-order valence-electron chi connectivity index (χ0n) is 11.1. The highest BCUT2D eigenvalue weighted by atomic mass is 79.9. The Kier molecular flexibility index (Phi) is 5.08. The summed E-state index contributed by atoms with van der Waals surface area (Å²) in [6, 6.07) is 10.7. The Balaban J connectivity index is 2.07. The van der Waals surface area contributed by atoms with Gasteiger partial charge < -0.3 is 5.32 Å². The number of benzene rings is 1. The van der Waals surface area contributed by atoms with Crippen molar-refractivity contribution in [3.05, 3.63) is 51.7 Å². The standard InChI is InChI=1S/C13H13BrClN3O2S/c1-21(19,20)18-12-6-5-9(7-11(12)15)16-8-10-3-2-4-13(14)17-10/h2-7,16,18H,8H2,1H3. The van der Waals surface area contributed by atoms with Crippen molar-refractivity contribution in [3.8, 4) is 0 Å². The number of nitrogens with one attached hydrogen (secondary N) is 2. The van der Waals surface area contributed by atoms with Gasteiger partial charge in [0.25, 0.3) is 0 Å². The van der Waals surface area contributed by atoms with E-state index in [2.05, 4.69) is 31.0 Å². The van der Waals surface area contributed by atoms with Crippen LogP contribution in [0.4, 0.5) is 11.4 Å². The average molecular weight is 391 g/mol. The number of sulfonamides is 1. The minimum Gasteiger partial charge on any atom is -0.379 e. The Morgan fingerprint density at radius 2 is 2.05 bits per heavy atom. The van der Waals surface area contributed by atoms with E-state index in [0.29, 0.717) is 17.3 Å². The average Bonchev–Trinajstić information content (AvgIpc) is 2.38. The van der Waals surface area contributed by atoms with Gasteiger partial charge in [-0.1, -0.05) is 17.7 Å². The van der Waals surface area contributed by atoms with Gasteiger partial charge in [0.05, 0.1) is 29.2 Å². The van der Waals surface area contributed by atoms with Gasteiger partial charge in [0, 0.05) is 5.69 Å². The number of rotatable bonds is 5. The van der Waals surface area contributed by atoms with Gasteiger partial charge in [0.1, 0.15) is 4.60 Å². The van der Waals surface area contributed by atoms with E-state index in [4.69, 9.17) is 11.6 Å². The van der Waals surface area contributed by atoms with Crippen LogP contribution >= 0.6 is 27.5 Å². The van der Waals surface area contributed by atoms with Gasteiger partial charge in [0.2, 0.25) is 10.0 Å². The van der Waals surface area contributed by atoms with Crippen molar-refractivity contribution >= 4 is 48.9 Å². The molecule has 0 unspecified atom stereocenters. The molecule has 2 N–H and O–H groups in total. The molecule has 0 atom stereocenters. The lowest BCUT2D eigenvalue weighted by molar-refractivity contribution is 0.607. The molecule has 0 aliphatic heterocycles. The lowest BCUT2D eigenvalue weighted by Gasteiger charge is -2.10. The predicted octanol–water partition coefficient (Wildman–Crippen LogP) is 3.48. The summed E-state index contributed by atoms with van der Waals surface area (Å²) in [5.41, 5.74) is 2.00. The summed E-state index contributed by atoms with van der Waals surface area (Å²) < 4.78 is 25.5. The highest BCUT2D eigenvalue weighted by Gasteiger charge is 2.07. The Morgan fingerprint density at radius 1 is 1.29 bits per heavy atom. The minimum atomic E-state index is -3.34. The number of pyridine rings is 1. The first-order valence-electron chi connectivity index (χ1n) is 5.96. The monoisotopic (exact) mass is 389 g/mol. The van der Waals surface area contributed by atoms with Crippen LogP contribution in [0, 0.1) is 0 Å². The molecule has 0 amide bonds. The molecule has 112 valence electrons. The maximum atomic E-state index is 11.2. The molecule has 0 saturated heterocycles. The Morgan fingerprint density at radius 3 is 2.67 bits per heavy atom. The van der Waals surface area contributed by atoms with E-state index >= 15 is 0 Å². The van der Waals surface area contributed by atoms with Gasteiger partial charge in [-0.15, -0.1) is 0 Å². The van der Waals surface area contributed by atoms with Crippen LogP contribution in [0.5, 0.6) is 0 Å². The molecular weight excluding hydrogens is 378 g/mol. The number of aromatic nitrogens is 1. The van der Waals surface area contributed by atoms with E-state index in [0.717, 1.165) is 22.2 Å². The fourth-order valence-corrected chi connectivity index (χ4v) is 2.89. The van der Waals surface area contributed by atoms with Crippen molar-refractivity contribution in [3.63, 3.8) is 0 Å². The predicted molar refractivity (Wildman–Crippen MR) is 89.2 cm³/mol. The molecule has 0 fully saturated rings. The molecule has 1 heterocycles. The zero-order chi connectivity index (χ0) is 15.5. The summed E-state index contributed by atoms with van der Waals surface area (Å²) in [4.78, 5) is 4.31. The molecule has 1 aromatic carbocycles. The second-order valence-electron chi connectivity index (χ2n) is 4.37. The molecule has 2 aromatic rings. The third-order valence-corrected chi connectivity index (χ3v) is 3.86. The van der Waals surface area contributed by atoms with E-state index in [9.17, 15) is 8.42 Å². The molecule has 2 rings (SSSR count). The van der Waals surface area contributed by atoms with E-state index in [-0.39, 0.29) is 0 Å². The molecular formula is C13H13BrClN3O2S. The summed E-state index contributed by atoms with van der Waals surface area (Å²) in [6.07, 6.45) is 1.08. The Bertz CT molecular complexity index is 753. The van der Waals surface area contributed by atoms with Gasteiger partial charge >= 0.3 is 0 Å². The number of halogens is 2. The van der Waals surface area contributed by atoms with Crippen LogP contribution in [-0.4, -0.2) is 19.7 Å². The first-order valence-corrected chi connectivity index (χ1v) is 9.02. The van der Waals surface area contributed by atoms with Crippen molar-refractivity contribution in [2.24, 2.45) is 0 Å². The van der Waals surface area contributed by atoms with Gasteiger partial charge in [0.15, 0.2) is 0 Å². The van der Waals surface area contributed by atoms with Crippen molar-refractivity contribution in [2.45, 2.75) is 6.54 Å². The van der Waals surface area contributed by atoms with Crippen LogP contribution in [-0.2, 0) is 16.6 Å². The van der Waals surface area contributed by atoms with E-state index < -0.39 is 10.0 Å². The van der Waals surface area contributed by atoms with E-state index in [1.54, 1.807) is 18.2 Å². The number of hydrogen-bond donors (Lipinski definition) is 2. The first kappa shape index (κ1) is 16.1. The second-order valence-corrected chi connectivity index (χ2v) is 7.34. The lowest BCUT2D eigenvalue weighted by atomic mass is 10.2. The fraction of sp³-hybridized carbons (Fsp3) is 0.154. The highest BCUT2D eigenvalue weighted by Crippen LogP contribution is 2.26. The summed E-state index contributed by atoms with van der Waals surface area (Å²) in [5.74, 6) is 0. The van der Waals surface area contributed by atoms with Crippen molar-refractivity contribution in [2.75, 3.05) is 16.3 Å². The molecule has 1 aromatic heterocycles. The third kappa shape index (κ3) is 5.18. The summed E-state index contributed by atoms with van der Waals surface area (Å²) in [5, 5.41) is 3.50. The Labute approximate surface area is 136 Å². The fourth-order valence-electron chi connectivity index (χ4n) is 1.65. The van der Waals surface area contributed by atoms with Gasteiger partial charge in [-0.05, 0) is 46.3 Å². The second kappa shape index (κ2) is 6.64. The topological polar surface area (TPSA) is 71.1 Å². The van der Waals surface area contributed by atoms with E-state index in [1.807, 2.05) is 18.2 Å². The number of nitrogens with zero attached hydrogens (tertiary/aromatic N) is 1. The summed E-state index contributed by atoms with van der Waals surface area (Å²) >= 11 is 9.36. The molecule has 0 aliphatic rings. The summed E-state index contributed by atoms with van der Waals surface area (Å²) in [7, 11) is -3.34. The van der Waals surface area contributed by atoms with Gasteiger partial charge in [-0.2, -0.15) is 0 Å². The van der Waals surface area contributed by atoms with Crippen LogP contribution < -0.4 is 10.0 Å². The van der Waals surface area contributed by atoms with Crippen LogP contribution in [0.3, 0.4) is 0 Å². The smallest absolute Gasteiger partial charge is 0.229 e. The Hall–Kier alpha value is -1.31. The molecule has 0 spiro atoms. The van der Waals surface area contributed by atoms with Gasteiger partial charge in [-0.25, -0.2) is 13.4 Å². The van der Waals surface area contributed by atoms with Crippen LogP contribution in [0.2, 0.25) is 5.02 Å². The van der Waals surface area contributed by atoms with Crippen LogP contribution in [0.1, 0.15) is 5.69 Å². The highest BCUT2D eigenvalue weighted by molar-refractivity contribution is 9.10. The molecule has 0 bridgehead atoms. The number of hydrogen-bond acceptors (Lipinski definition) is 4. The molecule has 0 radical (unpaired) electrons. The van der Waals surface area contributed by atoms with Gasteiger partial charge in [-0.3, -0.25) is 4.72 Å². The molecule has 0 saturated carbocycles. The normalized spacial score (nSPS) is 11.2. The SMILES string of the molecule is CS(=O)(=O)Nc1ccc(NCc2cccc(Br)n2)cc1Cl. The van der Waals surface area contributed by atoms with E-state index in [1.165, 1.54) is 0 Å². The molecule has 0 aliphatic carbocycles. The van der Waals surface area contributed by atoms with Crippen LogP contribution in [0.15, 0.2) is 41.0 Å². The summed E-state index contributed by atoms with van der Waals surface area (Å²) in [6.45, 7) is 0.536. The molecule has 8 heteroatoms. The molecule has 5 nitrogen and oxygen atoms in total. The lowest BCUT2D eigenvalue weighted by Crippen LogP contribution is -2.10. The molecule has 21 heavy (non-hydrogen) atoms. The van der Waals surface area contributed by atoms with Crippen molar-refractivity contribution in [1.82, 2.24) is 4.98 Å².